The highest BCUT2D eigenvalue weighted by Crippen LogP contribution is 2.20. The van der Waals surface area contributed by atoms with E-state index in [2.05, 4.69) is 15.9 Å². The molecule has 0 saturated heterocycles. The predicted octanol–water partition coefficient (Wildman–Crippen LogP) is 2.57. The molecule has 0 unspecified atom stereocenters. The highest BCUT2D eigenvalue weighted by molar-refractivity contribution is 9.10. The topological polar surface area (TPSA) is 63.6 Å². The van der Waals surface area contributed by atoms with E-state index < -0.39 is 5.97 Å². The largest absolute Gasteiger partial charge is 0.481 e. The lowest BCUT2D eigenvalue weighted by atomic mass is 10.1. The van der Waals surface area contributed by atoms with Crippen molar-refractivity contribution >= 4 is 27.9 Å². The van der Waals surface area contributed by atoms with Gasteiger partial charge < -0.3 is 9.84 Å². The number of carbonyl (C=O) groups is 2. The predicted molar refractivity (Wildman–Crippen MR) is 70.4 cm³/mol. The molecule has 0 amide bonds. The fourth-order valence-corrected chi connectivity index (χ4v) is 2.17. The molecule has 0 fully saturated rings. The maximum Gasteiger partial charge on any atom is 0.307 e. The molecule has 1 rings (SSSR count). The van der Waals surface area contributed by atoms with Gasteiger partial charge in [-0.3, -0.25) is 9.59 Å². The number of carboxylic acid groups (broad SMARTS) is 1. The summed E-state index contributed by atoms with van der Waals surface area (Å²) < 4.78 is 5.67. The fraction of sp³-hybridized carbons (Fsp3) is 0.385. The molecule has 5 heteroatoms. The van der Waals surface area contributed by atoms with Crippen LogP contribution in [-0.4, -0.2) is 23.7 Å². The molecule has 0 heterocycles. The zero-order valence-electron chi connectivity index (χ0n) is 10.1. The minimum atomic E-state index is -0.860. The van der Waals surface area contributed by atoms with Crippen molar-refractivity contribution in [1.82, 2.24) is 0 Å². The molecule has 0 radical (unpaired) electrons. The molecule has 1 aromatic carbocycles. The summed E-state index contributed by atoms with van der Waals surface area (Å²) in [6.45, 7) is 2.16. The molecule has 0 aromatic heterocycles. The van der Waals surface area contributed by atoms with Gasteiger partial charge in [-0.25, -0.2) is 0 Å². The van der Waals surface area contributed by atoms with Crippen LogP contribution >= 0.6 is 15.9 Å². The van der Waals surface area contributed by atoms with Crippen molar-refractivity contribution in [2.75, 3.05) is 6.61 Å². The molecule has 98 valence electrons. The normalized spacial score (nSPS) is 10.1. The van der Waals surface area contributed by atoms with Crippen LogP contribution in [0.25, 0.3) is 0 Å². The Bertz CT molecular complexity index is 443. The van der Waals surface area contributed by atoms with Crippen molar-refractivity contribution < 1.29 is 19.4 Å². The summed E-state index contributed by atoms with van der Waals surface area (Å²) in [5.74, 6) is -1.08. The molecule has 1 aromatic rings. The van der Waals surface area contributed by atoms with E-state index in [1.54, 1.807) is 19.1 Å². The number of esters is 1. The molecule has 0 aliphatic carbocycles. The van der Waals surface area contributed by atoms with E-state index in [1.807, 2.05) is 6.07 Å². The van der Waals surface area contributed by atoms with E-state index in [9.17, 15) is 9.59 Å². The summed E-state index contributed by atoms with van der Waals surface area (Å²) in [7, 11) is 0. The van der Waals surface area contributed by atoms with Crippen LogP contribution in [0, 0.1) is 0 Å². The lowest BCUT2D eigenvalue weighted by Gasteiger charge is -2.06. The third kappa shape index (κ3) is 4.87. The van der Waals surface area contributed by atoms with Crippen LogP contribution in [0.4, 0.5) is 0 Å². The molecule has 0 spiro atoms. The van der Waals surface area contributed by atoms with E-state index in [1.165, 1.54) is 0 Å². The average Bonchev–Trinajstić information content (AvgIpc) is 2.27. The molecule has 1 N–H and O–H groups in total. The van der Waals surface area contributed by atoms with Crippen molar-refractivity contribution in [2.24, 2.45) is 0 Å². The Labute approximate surface area is 114 Å². The van der Waals surface area contributed by atoms with Crippen LogP contribution in [0.2, 0.25) is 0 Å². The first-order valence-electron chi connectivity index (χ1n) is 5.67. The third-order valence-corrected chi connectivity index (χ3v) is 3.11. The first-order valence-corrected chi connectivity index (χ1v) is 6.47. The van der Waals surface area contributed by atoms with E-state index in [0.29, 0.717) is 19.4 Å². The number of rotatable bonds is 6. The minimum Gasteiger partial charge on any atom is -0.481 e. The van der Waals surface area contributed by atoms with Gasteiger partial charge >= 0.3 is 11.9 Å². The van der Waals surface area contributed by atoms with Crippen LogP contribution < -0.4 is 0 Å². The number of aliphatic carboxylic acids is 1. The molecule has 18 heavy (non-hydrogen) atoms. The second kappa shape index (κ2) is 7.16. The zero-order valence-corrected chi connectivity index (χ0v) is 11.7. The smallest absolute Gasteiger partial charge is 0.307 e. The van der Waals surface area contributed by atoms with Gasteiger partial charge in [-0.1, -0.05) is 28.1 Å². The Hall–Kier alpha value is -1.36. The standard InChI is InChI=1S/C13H15BrO4/c1-2-18-13(17)6-5-10-4-3-9(7-11(10)14)8-12(15)16/h3-4,7H,2,5-6,8H2,1H3,(H,15,16). The lowest BCUT2D eigenvalue weighted by Crippen LogP contribution is -2.06. The van der Waals surface area contributed by atoms with Gasteiger partial charge in [0.15, 0.2) is 0 Å². The Morgan fingerprint density at radius 3 is 2.67 bits per heavy atom. The third-order valence-electron chi connectivity index (χ3n) is 2.38. The number of ether oxygens (including phenoxy) is 1. The molecule has 0 aliphatic rings. The molecule has 0 bridgehead atoms. The minimum absolute atomic E-state index is 0.00322. The first-order chi connectivity index (χ1) is 8.52. The Morgan fingerprint density at radius 2 is 2.11 bits per heavy atom. The van der Waals surface area contributed by atoms with Crippen molar-refractivity contribution in [2.45, 2.75) is 26.2 Å². The number of halogens is 1. The first kappa shape index (κ1) is 14.7. The van der Waals surface area contributed by atoms with Crippen LogP contribution in [0.15, 0.2) is 22.7 Å². The second-order valence-electron chi connectivity index (χ2n) is 3.80. The fourth-order valence-electron chi connectivity index (χ4n) is 1.55. The van der Waals surface area contributed by atoms with Crippen molar-refractivity contribution in [3.05, 3.63) is 33.8 Å². The van der Waals surface area contributed by atoms with E-state index in [4.69, 9.17) is 9.84 Å². The van der Waals surface area contributed by atoms with Gasteiger partial charge in [-0.05, 0) is 30.5 Å². The maximum absolute atomic E-state index is 11.2. The average molecular weight is 315 g/mol. The van der Waals surface area contributed by atoms with Crippen LogP contribution in [0.1, 0.15) is 24.5 Å². The van der Waals surface area contributed by atoms with Crippen molar-refractivity contribution in [3.8, 4) is 0 Å². The van der Waals surface area contributed by atoms with Gasteiger partial charge in [-0.2, -0.15) is 0 Å². The quantitative estimate of drug-likeness (QED) is 0.820. The summed E-state index contributed by atoms with van der Waals surface area (Å²) in [4.78, 5) is 21.8. The summed E-state index contributed by atoms with van der Waals surface area (Å²) in [6, 6.07) is 5.37. The lowest BCUT2D eigenvalue weighted by molar-refractivity contribution is -0.143. The van der Waals surface area contributed by atoms with E-state index in [0.717, 1.165) is 15.6 Å². The number of carbonyl (C=O) groups excluding carboxylic acids is 1. The summed E-state index contributed by atoms with van der Waals surface area (Å²) in [5.41, 5.74) is 1.70. The van der Waals surface area contributed by atoms with Crippen molar-refractivity contribution in [3.63, 3.8) is 0 Å². The molecular weight excluding hydrogens is 300 g/mol. The summed E-state index contributed by atoms with van der Waals surface area (Å²) >= 11 is 3.38. The number of benzene rings is 1. The number of hydrogen-bond acceptors (Lipinski definition) is 3. The molecule has 0 saturated carbocycles. The Balaban J connectivity index is 2.62. The van der Waals surface area contributed by atoms with Crippen LogP contribution in [0.3, 0.4) is 0 Å². The molecule has 4 nitrogen and oxygen atoms in total. The highest BCUT2D eigenvalue weighted by Gasteiger charge is 2.07. The summed E-state index contributed by atoms with van der Waals surface area (Å²) in [6.07, 6.45) is 0.897. The van der Waals surface area contributed by atoms with Gasteiger partial charge in [0.2, 0.25) is 0 Å². The van der Waals surface area contributed by atoms with E-state index in [-0.39, 0.29) is 12.4 Å². The van der Waals surface area contributed by atoms with Gasteiger partial charge in [0.25, 0.3) is 0 Å². The molecule has 0 atom stereocenters. The van der Waals surface area contributed by atoms with Gasteiger partial charge in [0.1, 0.15) is 0 Å². The van der Waals surface area contributed by atoms with Crippen LogP contribution in [0.5, 0.6) is 0 Å². The second-order valence-corrected chi connectivity index (χ2v) is 4.66. The zero-order chi connectivity index (χ0) is 13.5. The number of hydrogen-bond donors (Lipinski definition) is 1. The van der Waals surface area contributed by atoms with Gasteiger partial charge in [-0.15, -0.1) is 0 Å². The Morgan fingerprint density at radius 1 is 1.39 bits per heavy atom. The maximum atomic E-state index is 11.2. The van der Waals surface area contributed by atoms with Gasteiger partial charge in [0, 0.05) is 10.9 Å². The monoisotopic (exact) mass is 314 g/mol. The van der Waals surface area contributed by atoms with Crippen LogP contribution in [-0.2, 0) is 27.2 Å². The molecular formula is C13H15BrO4. The SMILES string of the molecule is CCOC(=O)CCc1ccc(CC(=O)O)cc1Br. The number of aryl methyl sites for hydroxylation is 1. The van der Waals surface area contributed by atoms with E-state index >= 15 is 0 Å². The highest BCUT2D eigenvalue weighted by atomic mass is 79.9. The Kier molecular flexibility index (Phi) is 5.85. The van der Waals surface area contributed by atoms with Crippen molar-refractivity contribution in [1.29, 1.82) is 0 Å². The van der Waals surface area contributed by atoms with Gasteiger partial charge in [0.05, 0.1) is 13.0 Å². The number of carboxylic acids is 1. The summed E-state index contributed by atoms with van der Waals surface area (Å²) in [5, 5.41) is 8.69. The molecule has 0 aliphatic heterocycles.